The SMILES string of the molecule is CC(=O)OCCCCCC1(COC(C)=O)c2cc(-c3ccc4ccc5cc(CC(C)C)cc6ccc3c4c56)ccc2-c2ccc(-c3ccc4ccc5cc(C(C)(C)C)cc6ccc3c4c56)cc21. The van der Waals surface area contributed by atoms with E-state index in [-0.39, 0.29) is 24.0 Å². The third-order valence-corrected chi connectivity index (χ3v) is 14.8. The van der Waals surface area contributed by atoms with Crippen molar-refractivity contribution in [2.45, 2.75) is 91.4 Å². The van der Waals surface area contributed by atoms with Gasteiger partial charge in [-0.3, -0.25) is 9.59 Å². The molecule has 0 amide bonds. The van der Waals surface area contributed by atoms with Crippen LogP contribution in [0, 0.1) is 5.92 Å². The predicted molar refractivity (Wildman–Crippen MR) is 280 cm³/mol. The molecule has 10 aromatic carbocycles. The first-order valence-corrected chi connectivity index (χ1v) is 24.3. The van der Waals surface area contributed by atoms with Gasteiger partial charge in [-0.2, -0.15) is 0 Å². The number of ether oxygens (including phenoxy) is 2. The summed E-state index contributed by atoms with van der Waals surface area (Å²) in [6.45, 7) is 15.0. The van der Waals surface area contributed by atoms with Gasteiger partial charge < -0.3 is 9.47 Å². The van der Waals surface area contributed by atoms with Gasteiger partial charge in [-0.15, -0.1) is 0 Å². The molecule has 1 aliphatic carbocycles. The highest BCUT2D eigenvalue weighted by Gasteiger charge is 2.44. The van der Waals surface area contributed by atoms with E-state index in [9.17, 15) is 9.59 Å². The van der Waals surface area contributed by atoms with Gasteiger partial charge in [0.1, 0.15) is 6.61 Å². The van der Waals surface area contributed by atoms with Crippen molar-refractivity contribution in [1.82, 2.24) is 0 Å². The van der Waals surface area contributed by atoms with Gasteiger partial charge in [0.2, 0.25) is 0 Å². The Balaban J connectivity index is 1.07. The molecule has 0 saturated carbocycles. The van der Waals surface area contributed by atoms with Crippen LogP contribution in [-0.4, -0.2) is 25.2 Å². The van der Waals surface area contributed by atoms with Crippen LogP contribution in [0.15, 0.2) is 133 Å². The molecule has 67 heavy (non-hydrogen) atoms. The summed E-state index contributed by atoms with van der Waals surface area (Å²) in [5.74, 6) is 0.0384. The summed E-state index contributed by atoms with van der Waals surface area (Å²) in [7, 11) is 0. The lowest BCUT2D eigenvalue weighted by Gasteiger charge is -2.32. The maximum atomic E-state index is 12.9. The summed E-state index contributed by atoms with van der Waals surface area (Å²) in [4.78, 5) is 24.6. The molecule has 0 N–H and O–H groups in total. The maximum absolute atomic E-state index is 12.9. The van der Waals surface area contributed by atoms with E-state index >= 15 is 0 Å². The minimum absolute atomic E-state index is 0.0406. The molecule has 1 unspecified atom stereocenters. The first kappa shape index (κ1) is 42.8. The third kappa shape index (κ3) is 7.28. The van der Waals surface area contributed by atoms with E-state index in [0.29, 0.717) is 12.5 Å². The van der Waals surface area contributed by atoms with Crippen molar-refractivity contribution in [2.75, 3.05) is 13.2 Å². The van der Waals surface area contributed by atoms with E-state index in [2.05, 4.69) is 168 Å². The average Bonchev–Trinajstić information content (AvgIpc) is 3.57. The Hall–Kier alpha value is -6.78. The number of hydrogen-bond donors (Lipinski definition) is 0. The van der Waals surface area contributed by atoms with Crippen LogP contribution in [0.3, 0.4) is 0 Å². The molecule has 0 aliphatic heterocycles. The van der Waals surface area contributed by atoms with Crippen LogP contribution in [0.25, 0.3) is 98.0 Å². The maximum Gasteiger partial charge on any atom is 0.302 e. The Bertz CT molecular complexity index is 3550. The largest absolute Gasteiger partial charge is 0.466 e. The minimum Gasteiger partial charge on any atom is -0.466 e. The molecule has 0 radical (unpaired) electrons. The zero-order valence-electron chi connectivity index (χ0n) is 39.9. The molecule has 0 fully saturated rings. The quantitative estimate of drug-likeness (QED) is 0.0697. The van der Waals surface area contributed by atoms with Crippen molar-refractivity contribution >= 4 is 76.6 Å². The van der Waals surface area contributed by atoms with Crippen LogP contribution in [0.5, 0.6) is 0 Å². The summed E-state index contributed by atoms with van der Waals surface area (Å²) in [5.41, 5.74) is 11.5. The number of benzene rings is 10. The lowest BCUT2D eigenvalue weighted by Crippen LogP contribution is -2.32. The van der Waals surface area contributed by atoms with E-state index in [1.54, 1.807) is 0 Å². The monoisotopic (exact) mass is 878 g/mol. The highest BCUT2D eigenvalue weighted by atomic mass is 16.5. The first-order chi connectivity index (χ1) is 32.3. The van der Waals surface area contributed by atoms with E-state index in [1.807, 2.05) is 0 Å². The fourth-order valence-electron chi connectivity index (χ4n) is 11.7. The van der Waals surface area contributed by atoms with E-state index in [0.717, 1.165) is 43.2 Å². The summed E-state index contributed by atoms with van der Waals surface area (Å²) in [6.07, 6.45) is 4.32. The zero-order valence-corrected chi connectivity index (χ0v) is 39.9. The number of carbonyl (C=O) groups is 2. The van der Waals surface area contributed by atoms with Crippen molar-refractivity contribution in [2.24, 2.45) is 5.92 Å². The fraction of sp³-hybridized carbons (Fsp3) is 0.270. The van der Waals surface area contributed by atoms with Gasteiger partial charge >= 0.3 is 11.9 Å². The Kier molecular flexibility index (Phi) is 10.4. The Morgan fingerprint density at radius 1 is 0.507 bits per heavy atom. The number of esters is 2. The lowest BCUT2D eigenvalue weighted by molar-refractivity contribution is -0.142. The van der Waals surface area contributed by atoms with Crippen LogP contribution in [0.1, 0.15) is 96.4 Å². The van der Waals surface area contributed by atoms with E-state index < -0.39 is 5.41 Å². The molecule has 1 aliphatic rings. The number of unbranched alkanes of at least 4 members (excludes halogenated alkanes) is 2. The summed E-state index contributed by atoms with van der Waals surface area (Å²) < 4.78 is 11.5. The van der Waals surface area contributed by atoms with Crippen LogP contribution >= 0.6 is 0 Å². The number of hydrogen-bond acceptors (Lipinski definition) is 4. The summed E-state index contributed by atoms with van der Waals surface area (Å²) >= 11 is 0. The number of carbonyl (C=O) groups excluding carboxylic acids is 2. The highest BCUT2D eigenvalue weighted by molar-refractivity contribution is 6.27. The van der Waals surface area contributed by atoms with Gasteiger partial charge in [0.15, 0.2) is 0 Å². The van der Waals surface area contributed by atoms with Crippen LogP contribution in [0.4, 0.5) is 0 Å². The van der Waals surface area contributed by atoms with E-state index in [1.165, 1.54) is 123 Å². The van der Waals surface area contributed by atoms with Crippen LogP contribution in [0.2, 0.25) is 0 Å². The van der Waals surface area contributed by atoms with Crippen molar-refractivity contribution in [3.05, 3.63) is 156 Å². The highest BCUT2D eigenvalue weighted by Crippen LogP contribution is 2.55. The summed E-state index contributed by atoms with van der Waals surface area (Å²) in [5, 5.41) is 15.3. The average molecular weight is 879 g/mol. The molecule has 0 bridgehead atoms. The molecule has 4 heteroatoms. The smallest absolute Gasteiger partial charge is 0.302 e. The van der Waals surface area contributed by atoms with Gasteiger partial charge in [-0.05, 0) is 163 Å². The van der Waals surface area contributed by atoms with Crippen molar-refractivity contribution < 1.29 is 19.1 Å². The molecule has 1 atom stereocenters. The van der Waals surface area contributed by atoms with Crippen molar-refractivity contribution in [3.8, 4) is 33.4 Å². The Labute approximate surface area is 393 Å². The molecular weight excluding hydrogens is 821 g/mol. The molecule has 10 aromatic rings. The zero-order chi connectivity index (χ0) is 46.4. The van der Waals surface area contributed by atoms with Gasteiger partial charge in [0.25, 0.3) is 0 Å². The molecule has 334 valence electrons. The van der Waals surface area contributed by atoms with Gasteiger partial charge in [-0.1, -0.05) is 169 Å². The van der Waals surface area contributed by atoms with Gasteiger partial charge in [0, 0.05) is 13.8 Å². The molecule has 0 saturated heterocycles. The molecule has 0 heterocycles. The minimum atomic E-state index is -0.618. The fourth-order valence-corrected chi connectivity index (χ4v) is 11.7. The topological polar surface area (TPSA) is 52.6 Å². The first-order valence-electron chi connectivity index (χ1n) is 24.3. The number of rotatable bonds is 12. The predicted octanol–water partition coefficient (Wildman–Crippen LogP) is 16.3. The second kappa shape index (κ2) is 16.2. The third-order valence-electron chi connectivity index (χ3n) is 14.8. The second-order valence-electron chi connectivity index (χ2n) is 20.9. The molecule has 0 aromatic heterocycles. The Morgan fingerprint density at radius 2 is 0.970 bits per heavy atom. The van der Waals surface area contributed by atoms with Crippen LogP contribution in [-0.2, 0) is 36.3 Å². The van der Waals surface area contributed by atoms with Gasteiger partial charge in [0.05, 0.1) is 12.0 Å². The van der Waals surface area contributed by atoms with Crippen molar-refractivity contribution in [3.63, 3.8) is 0 Å². The summed E-state index contributed by atoms with van der Waals surface area (Å²) in [6, 6.07) is 51.0. The molecule has 4 nitrogen and oxygen atoms in total. The van der Waals surface area contributed by atoms with Crippen molar-refractivity contribution in [1.29, 1.82) is 0 Å². The second-order valence-corrected chi connectivity index (χ2v) is 20.9. The van der Waals surface area contributed by atoms with Gasteiger partial charge in [-0.25, -0.2) is 0 Å². The standard InChI is InChI=1S/C63H58O4/c1-37(2)29-40-30-45-13-11-41-15-21-50(54-25-19-46(31-40)58(45)60(41)54)43-17-23-52-53-24-18-44(35-57(53)63(56(52)34-43,36-67-39(4)65)27-9-8-10-28-66-38(3)64)51-22-16-42-12-14-47-32-49(62(5,6)7)33-48-20-26-55(51)61(42)59(47)48/h11-26,30-35,37H,8-10,27-29,36H2,1-7H3. The molecule has 11 rings (SSSR count). The normalized spacial score (nSPS) is 14.9. The lowest BCUT2D eigenvalue weighted by atomic mass is 9.73. The Morgan fingerprint density at radius 3 is 1.46 bits per heavy atom. The molecule has 0 spiro atoms. The van der Waals surface area contributed by atoms with E-state index in [4.69, 9.17) is 9.47 Å². The van der Waals surface area contributed by atoms with Crippen LogP contribution < -0.4 is 0 Å². The number of fused-ring (bicyclic) bond motifs is 3. The molecular formula is C63H58O4.